The van der Waals surface area contributed by atoms with Gasteiger partial charge in [0.2, 0.25) is 5.91 Å². The number of amides is 1. The molecule has 4 heteroatoms. The summed E-state index contributed by atoms with van der Waals surface area (Å²) in [5.74, 6) is -0.428. The number of carbonyl (C=O) groups excluding carboxylic acids is 2. The largest absolute Gasteiger partial charge is 0.492 e. The molecule has 0 saturated heterocycles. The number of rotatable bonds is 2. The van der Waals surface area contributed by atoms with Crippen molar-refractivity contribution in [2.24, 2.45) is 5.92 Å². The van der Waals surface area contributed by atoms with Crippen molar-refractivity contribution in [2.45, 2.75) is 38.1 Å². The molecule has 1 aliphatic carbocycles. The number of nitrogens with one attached hydrogen (secondary N) is 1. The van der Waals surface area contributed by atoms with Crippen molar-refractivity contribution in [3.05, 3.63) is 29.8 Å². The quantitative estimate of drug-likeness (QED) is 0.841. The molecule has 1 unspecified atom stereocenters. The van der Waals surface area contributed by atoms with E-state index in [1.807, 2.05) is 6.07 Å². The first-order chi connectivity index (χ1) is 9.75. The second kappa shape index (κ2) is 5.65. The minimum absolute atomic E-state index is 0.125. The predicted octanol–water partition coefficient (Wildman–Crippen LogP) is 2.33. The van der Waals surface area contributed by atoms with Crippen LogP contribution < -0.4 is 10.1 Å². The molecule has 20 heavy (non-hydrogen) atoms. The number of carbonyl (C=O) groups is 2. The molecule has 2 aliphatic rings. The molecular formula is C16H19NO3. The monoisotopic (exact) mass is 273 g/mol. The summed E-state index contributed by atoms with van der Waals surface area (Å²) >= 11 is 0. The first-order valence-corrected chi connectivity index (χ1v) is 7.32. The van der Waals surface area contributed by atoms with Gasteiger partial charge in [0.15, 0.2) is 5.78 Å². The molecule has 1 N–H and O–H groups in total. The van der Waals surface area contributed by atoms with Crippen molar-refractivity contribution in [3.63, 3.8) is 0 Å². The highest BCUT2D eigenvalue weighted by Crippen LogP contribution is 2.27. The van der Waals surface area contributed by atoms with Crippen molar-refractivity contribution in [2.75, 3.05) is 6.61 Å². The van der Waals surface area contributed by atoms with Gasteiger partial charge in [0.05, 0.1) is 5.56 Å². The Bertz CT molecular complexity index is 520. The summed E-state index contributed by atoms with van der Waals surface area (Å²) in [4.78, 5) is 24.6. The van der Waals surface area contributed by atoms with Crippen LogP contribution >= 0.6 is 0 Å². The molecule has 0 radical (unpaired) electrons. The smallest absolute Gasteiger partial charge is 0.234 e. The van der Waals surface area contributed by atoms with Gasteiger partial charge in [-0.2, -0.15) is 0 Å². The van der Waals surface area contributed by atoms with Crippen LogP contribution in [0, 0.1) is 5.92 Å². The summed E-state index contributed by atoms with van der Waals surface area (Å²) in [5.41, 5.74) is 0.516. The number of fused-ring (bicyclic) bond motifs is 1. The van der Waals surface area contributed by atoms with Gasteiger partial charge in [0.1, 0.15) is 18.3 Å². The highest BCUT2D eigenvalue weighted by Gasteiger charge is 2.35. The second-order valence-electron chi connectivity index (χ2n) is 5.57. The first kappa shape index (κ1) is 13.2. The Balaban J connectivity index is 1.69. The molecule has 0 spiro atoms. The van der Waals surface area contributed by atoms with Gasteiger partial charge < -0.3 is 10.1 Å². The summed E-state index contributed by atoms with van der Waals surface area (Å²) in [5, 5.41) is 3.01. The number of ether oxygens (including phenoxy) is 1. The van der Waals surface area contributed by atoms with Crippen LogP contribution in [0.5, 0.6) is 5.75 Å². The van der Waals surface area contributed by atoms with Crippen molar-refractivity contribution >= 4 is 11.7 Å². The van der Waals surface area contributed by atoms with Crippen LogP contribution in [0.15, 0.2) is 24.3 Å². The standard InChI is InChI=1S/C16H19NO3/c18-15-12-8-4-5-9-14(12)20-10-13(15)16(19)17-11-6-2-1-3-7-11/h4-5,8-9,11,13H,1-3,6-7,10H2,(H,17,19). The minimum Gasteiger partial charge on any atom is -0.492 e. The summed E-state index contributed by atoms with van der Waals surface area (Å²) in [6, 6.07) is 7.33. The first-order valence-electron chi connectivity index (χ1n) is 7.32. The van der Waals surface area contributed by atoms with Gasteiger partial charge >= 0.3 is 0 Å². The Labute approximate surface area is 118 Å². The van der Waals surface area contributed by atoms with E-state index >= 15 is 0 Å². The average Bonchev–Trinajstić information content (AvgIpc) is 2.49. The van der Waals surface area contributed by atoms with E-state index in [2.05, 4.69) is 5.32 Å². The third-order valence-electron chi connectivity index (χ3n) is 4.14. The topological polar surface area (TPSA) is 55.4 Å². The maximum absolute atomic E-state index is 12.4. The molecule has 0 bridgehead atoms. The van der Waals surface area contributed by atoms with Gasteiger partial charge in [-0.05, 0) is 25.0 Å². The Morgan fingerprint density at radius 1 is 1.15 bits per heavy atom. The van der Waals surface area contributed by atoms with Crippen molar-refractivity contribution in [1.82, 2.24) is 5.32 Å². The van der Waals surface area contributed by atoms with Crippen molar-refractivity contribution in [3.8, 4) is 5.75 Å². The third kappa shape index (κ3) is 2.55. The molecule has 1 aromatic rings. The van der Waals surface area contributed by atoms with Crippen LogP contribution in [0.25, 0.3) is 0 Å². The summed E-state index contributed by atoms with van der Waals surface area (Å²) in [6.45, 7) is 0.147. The molecule has 106 valence electrons. The Kier molecular flexibility index (Phi) is 3.72. The van der Waals surface area contributed by atoms with Crippen LogP contribution in [0.2, 0.25) is 0 Å². The number of para-hydroxylation sites is 1. The predicted molar refractivity (Wildman–Crippen MR) is 74.8 cm³/mol. The van der Waals surface area contributed by atoms with Crippen LogP contribution in [0.3, 0.4) is 0 Å². The SMILES string of the molecule is O=C(NC1CCCCC1)C1COc2ccccc2C1=O. The van der Waals surface area contributed by atoms with E-state index in [9.17, 15) is 9.59 Å². The minimum atomic E-state index is -0.702. The zero-order valence-corrected chi connectivity index (χ0v) is 11.4. The van der Waals surface area contributed by atoms with E-state index in [-0.39, 0.29) is 24.3 Å². The molecule has 1 aliphatic heterocycles. The molecule has 4 nitrogen and oxygen atoms in total. The van der Waals surface area contributed by atoms with Gasteiger partial charge in [-0.25, -0.2) is 0 Å². The zero-order valence-electron chi connectivity index (χ0n) is 11.4. The molecular weight excluding hydrogens is 254 g/mol. The molecule has 1 heterocycles. The van der Waals surface area contributed by atoms with Crippen LogP contribution in [0.4, 0.5) is 0 Å². The number of hydrogen-bond donors (Lipinski definition) is 1. The van der Waals surface area contributed by atoms with Crippen molar-refractivity contribution < 1.29 is 14.3 Å². The van der Waals surface area contributed by atoms with E-state index < -0.39 is 5.92 Å². The van der Waals surface area contributed by atoms with Gasteiger partial charge in [-0.3, -0.25) is 9.59 Å². The Hall–Kier alpha value is -1.84. The average molecular weight is 273 g/mol. The highest BCUT2D eigenvalue weighted by molar-refractivity contribution is 6.12. The van der Waals surface area contributed by atoms with E-state index in [0.29, 0.717) is 11.3 Å². The van der Waals surface area contributed by atoms with Crippen LogP contribution in [0.1, 0.15) is 42.5 Å². The molecule has 3 rings (SSSR count). The highest BCUT2D eigenvalue weighted by atomic mass is 16.5. The molecule has 1 amide bonds. The number of benzene rings is 1. The maximum atomic E-state index is 12.4. The fourth-order valence-electron chi connectivity index (χ4n) is 2.98. The molecule has 1 atom stereocenters. The molecule has 1 aromatic carbocycles. The summed E-state index contributed by atoms with van der Waals surface area (Å²) in [6.07, 6.45) is 5.59. The van der Waals surface area contributed by atoms with Gasteiger partial charge in [-0.15, -0.1) is 0 Å². The van der Waals surface area contributed by atoms with Gasteiger partial charge in [0.25, 0.3) is 0 Å². The van der Waals surface area contributed by atoms with Crippen LogP contribution in [-0.2, 0) is 4.79 Å². The van der Waals surface area contributed by atoms with Crippen LogP contribution in [-0.4, -0.2) is 24.3 Å². The molecule has 1 saturated carbocycles. The Morgan fingerprint density at radius 2 is 1.90 bits per heavy atom. The van der Waals surface area contributed by atoms with Crippen molar-refractivity contribution in [1.29, 1.82) is 0 Å². The summed E-state index contributed by atoms with van der Waals surface area (Å²) in [7, 11) is 0. The maximum Gasteiger partial charge on any atom is 0.234 e. The lowest BCUT2D eigenvalue weighted by atomic mass is 9.92. The number of ketones is 1. The number of hydrogen-bond acceptors (Lipinski definition) is 3. The fraction of sp³-hybridized carbons (Fsp3) is 0.500. The molecule has 0 aromatic heterocycles. The lowest BCUT2D eigenvalue weighted by Crippen LogP contribution is -2.45. The van der Waals surface area contributed by atoms with Gasteiger partial charge in [0, 0.05) is 6.04 Å². The second-order valence-corrected chi connectivity index (χ2v) is 5.57. The van der Waals surface area contributed by atoms with Gasteiger partial charge in [-0.1, -0.05) is 31.4 Å². The summed E-state index contributed by atoms with van der Waals surface area (Å²) < 4.78 is 5.54. The van der Waals surface area contributed by atoms with E-state index in [0.717, 1.165) is 25.7 Å². The lowest BCUT2D eigenvalue weighted by Gasteiger charge is -2.27. The Morgan fingerprint density at radius 3 is 2.70 bits per heavy atom. The van der Waals surface area contributed by atoms with E-state index in [1.54, 1.807) is 18.2 Å². The molecule has 1 fully saturated rings. The fourth-order valence-corrected chi connectivity index (χ4v) is 2.98. The normalized spacial score (nSPS) is 22.8. The lowest BCUT2D eigenvalue weighted by molar-refractivity contribution is -0.125. The van der Waals surface area contributed by atoms with E-state index in [1.165, 1.54) is 6.42 Å². The van der Waals surface area contributed by atoms with E-state index in [4.69, 9.17) is 4.74 Å². The zero-order chi connectivity index (χ0) is 13.9. The number of Topliss-reactive ketones (excluding diaryl/α,β-unsaturated/α-hetero) is 1. The third-order valence-corrected chi connectivity index (χ3v) is 4.14.